The summed E-state index contributed by atoms with van der Waals surface area (Å²) in [6, 6.07) is 6.55. The molecule has 2 saturated heterocycles. The molecule has 3 heterocycles. The fourth-order valence-corrected chi connectivity index (χ4v) is 2.82. The Labute approximate surface area is 108 Å². The smallest absolute Gasteiger partial charge is 0.0951 e. The largest absolute Gasteiger partial charge is 0.378 e. The van der Waals surface area contributed by atoms with Crippen molar-refractivity contribution in [3.63, 3.8) is 0 Å². The molecule has 1 aromatic rings. The van der Waals surface area contributed by atoms with Crippen LogP contribution in [-0.2, 0) is 16.0 Å². The van der Waals surface area contributed by atoms with E-state index in [9.17, 15) is 0 Å². The van der Waals surface area contributed by atoms with Crippen LogP contribution in [0.5, 0.6) is 0 Å². The first-order chi connectivity index (χ1) is 8.86. The van der Waals surface area contributed by atoms with Gasteiger partial charge in [-0.05, 0) is 25.0 Å². The van der Waals surface area contributed by atoms with Crippen LogP contribution in [-0.4, -0.2) is 36.4 Å². The summed E-state index contributed by atoms with van der Waals surface area (Å²) in [6.45, 7) is 3.27. The highest BCUT2D eigenvalue weighted by atomic mass is 16.6. The van der Waals surface area contributed by atoms with Crippen molar-refractivity contribution in [1.29, 1.82) is 0 Å². The van der Waals surface area contributed by atoms with Crippen molar-refractivity contribution in [2.75, 3.05) is 19.8 Å². The van der Waals surface area contributed by atoms with Crippen molar-refractivity contribution in [2.45, 2.75) is 37.5 Å². The van der Waals surface area contributed by atoms with Crippen LogP contribution in [0.1, 0.15) is 25.0 Å². The van der Waals surface area contributed by atoms with E-state index in [2.05, 4.69) is 16.4 Å². The van der Waals surface area contributed by atoms with Gasteiger partial charge >= 0.3 is 0 Å². The van der Waals surface area contributed by atoms with Crippen LogP contribution in [0.25, 0.3) is 0 Å². The number of ether oxygens (including phenoxy) is 2. The number of hydrogen-bond donors (Lipinski definition) is 1. The maximum absolute atomic E-state index is 5.93. The summed E-state index contributed by atoms with van der Waals surface area (Å²) in [5.41, 5.74) is 1.08. The second-order valence-corrected chi connectivity index (χ2v) is 5.23. The van der Waals surface area contributed by atoms with Crippen molar-refractivity contribution in [3.8, 4) is 0 Å². The second kappa shape index (κ2) is 5.34. The van der Waals surface area contributed by atoms with Crippen LogP contribution in [0, 0.1) is 0 Å². The van der Waals surface area contributed by atoms with E-state index in [1.807, 2.05) is 18.3 Å². The fourth-order valence-electron chi connectivity index (χ4n) is 2.82. The average Bonchev–Trinajstić information content (AvgIpc) is 2.86. The molecule has 0 bridgehead atoms. The van der Waals surface area contributed by atoms with Gasteiger partial charge in [-0.1, -0.05) is 6.07 Å². The molecule has 1 N–H and O–H groups in total. The van der Waals surface area contributed by atoms with Gasteiger partial charge in [0.25, 0.3) is 0 Å². The summed E-state index contributed by atoms with van der Waals surface area (Å²) in [5.74, 6) is 0. The van der Waals surface area contributed by atoms with Crippen molar-refractivity contribution in [2.24, 2.45) is 0 Å². The highest BCUT2D eigenvalue weighted by molar-refractivity contribution is 5.03. The molecule has 0 aliphatic carbocycles. The molecule has 3 rings (SSSR count). The molecule has 98 valence electrons. The predicted molar refractivity (Wildman–Crippen MR) is 68.2 cm³/mol. The molecule has 2 fully saturated rings. The molecule has 0 saturated carbocycles. The Kier molecular flexibility index (Phi) is 3.59. The van der Waals surface area contributed by atoms with Crippen LogP contribution in [0.3, 0.4) is 0 Å². The maximum Gasteiger partial charge on any atom is 0.0951 e. The lowest BCUT2D eigenvalue weighted by molar-refractivity contribution is -0.0895. The van der Waals surface area contributed by atoms with Crippen LogP contribution in [0.4, 0.5) is 0 Å². The molecule has 4 heteroatoms. The Morgan fingerprint density at radius 3 is 3.17 bits per heavy atom. The lowest BCUT2D eigenvalue weighted by Crippen LogP contribution is -2.47. The topological polar surface area (TPSA) is 43.4 Å². The molecule has 0 radical (unpaired) electrons. The van der Waals surface area contributed by atoms with Crippen LogP contribution < -0.4 is 5.32 Å². The highest BCUT2D eigenvalue weighted by Crippen LogP contribution is 2.32. The van der Waals surface area contributed by atoms with Crippen molar-refractivity contribution >= 4 is 0 Å². The molecule has 0 aromatic carbocycles. The summed E-state index contributed by atoms with van der Waals surface area (Å²) in [6.07, 6.45) is 5.01. The number of aromatic nitrogens is 1. The Morgan fingerprint density at radius 2 is 2.39 bits per heavy atom. The number of rotatable bonds is 3. The normalized spacial score (nSPS) is 31.9. The molecular weight excluding hydrogens is 228 g/mol. The Balaban J connectivity index is 1.54. The lowest BCUT2D eigenvalue weighted by Gasteiger charge is -2.37. The summed E-state index contributed by atoms with van der Waals surface area (Å²) < 4.78 is 11.4. The standard InChI is InChI=1S/C14H20N2O2/c1-2-6-15-13(3-1)10-16-12-4-7-18-14(9-12)5-8-17-11-14/h1-3,6,12,16H,4-5,7-11H2. The van der Waals surface area contributed by atoms with Gasteiger partial charge in [0.05, 0.1) is 17.9 Å². The van der Waals surface area contributed by atoms with Gasteiger partial charge in [0.2, 0.25) is 0 Å². The average molecular weight is 248 g/mol. The highest BCUT2D eigenvalue weighted by Gasteiger charge is 2.40. The van der Waals surface area contributed by atoms with E-state index in [1.54, 1.807) is 0 Å². The molecule has 0 amide bonds. The van der Waals surface area contributed by atoms with Gasteiger partial charge < -0.3 is 14.8 Å². The second-order valence-electron chi connectivity index (χ2n) is 5.23. The van der Waals surface area contributed by atoms with Gasteiger partial charge in [-0.3, -0.25) is 4.98 Å². The first kappa shape index (κ1) is 12.1. The van der Waals surface area contributed by atoms with E-state index in [0.29, 0.717) is 6.04 Å². The first-order valence-electron chi connectivity index (χ1n) is 6.71. The number of pyridine rings is 1. The zero-order valence-electron chi connectivity index (χ0n) is 10.6. The Hall–Kier alpha value is -0.970. The van der Waals surface area contributed by atoms with Crippen LogP contribution >= 0.6 is 0 Å². The number of nitrogens with one attached hydrogen (secondary N) is 1. The zero-order chi connectivity index (χ0) is 12.3. The van der Waals surface area contributed by atoms with Crippen LogP contribution in [0.2, 0.25) is 0 Å². The minimum Gasteiger partial charge on any atom is -0.378 e. The summed E-state index contributed by atoms with van der Waals surface area (Å²) >= 11 is 0. The number of hydrogen-bond acceptors (Lipinski definition) is 4. The molecule has 1 spiro atoms. The third-order valence-corrected chi connectivity index (χ3v) is 3.86. The summed E-state index contributed by atoms with van der Waals surface area (Å²) in [5, 5.41) is 3.59. The van der Waals surface area contributed by atoms with Crippen LogP contribution in [0.15, 0.2) is 24.4 Å². The third kappa shape index (κ3) is 2.71. The first-order valence-corrected chi connectivity index (χ1v) is 6.71. The van der Waals surface area contributed by atoms with Crippen molar-refractivity contribution in [3.05, 3.63) is 30.1 Å². The summed E-state index contributed by atoms with van der Waals surface area (Å²) in [7, 11) is 0. The molecule has 2 aliphatic heterocycles. The molecule has 4 nitrogen and oxygen atoms in total. The summed E-state index contributed by atoms with van der Waals surface area (Å²) in [4.78, 5) is 4.33. The van der Waals surface area contributed by atoms with Gasteiger partial charge in [-0.25, -0.2) is 0 Å². The van der Waals surface area contributed by atoms with Gasteiger partial charge in [-0.15, -0.1) is 0 Å². The van der Waals surface area contributed by atoms with Crippen molar-refractivity contribution in [1.82, 2.24) is 10.3 Å². The quantitative estimate of drug-likeness (QED) is 0.880. The molecular formula is C14H20N2O2. The molecule has 2 atom stereocenters. The minimum atomic E-state index is -0.0139. The molecule has 2 aliphatic rings. The Morgan fingerprint density at radius 1 is 1.39 bits per heavy atom. The Bertz CT molecular complexity index is 377. The van der Waals surface area contributed by atoms with E-state index in [-0.39, 0.29) is 5.60 Å². The van der Waals surface area contributed by atoms with Gasteiger partial charge in [0, 0.05) is 38.4 Å². The van der Waals surface area contributed by atoms with E-state index >= 15 is 0 Å². The van der Waals surface area contributed by atoms with Crippen molar-refractivity contribution < 1.29 is 9.47 Å². The van der Waals surface area contributed by atoms with E-state index in [1.165, 1.54) is 0 Å². The third-order valence-electron chi connectivity index (χ3n) is 3.86. The minimum absolute atomic E-state index is 0.0139. The lowest BCUT2D eigenvalue weighted by atomic mass is 9.89. The molecule has 2 unspecified atom stereocenters. The monoisotopic (exact) mass is 248 g/mol. The zero-order valence-corrected chi connectivity index (χ0v) is 10.6. The maximum atomic E-state index is 5.93. The van der Waals surface area contributed by atoms with Gasteiger partial charge in [0.1, 0.15) is 0 Å². The fraction of sp³-hybridized carbons (Fsp3) is 0.643. The van der Waals surface area contributed by atoms with Gasteiger partial charge in [0.15, 0.2) is 0 Å². The SMILES string of the molecule is c1ccc(CNC2CCOC3(CCOC3)C2)nc1. The van der Waals surface area contributed by atoms with E-state index in [4.69, 9.17) is 9.47 Å². The molecule has 18 heavy (non-hydrogen) atoms. The van der Waals surface area contributed by atoms with E-state index in [0.717, 1.165) is 51.3 Å². The predicted octanol–water partition coefficient (Wildman–Crippen LogP) is 1.51. The number of nitrogens with zero attached hydrogens (tertiary/aromatic N) is 1. The van der Waals surface area contributed by atoms with E-state index < -0.39 is 0 Å². The molecule has 1 aromatic heterocycles. The van der Waals surface area contributed by atoms with Gasteiger partial charge in [-0.2, -0.15) is 0 Å².